The molecule has 68 valence electrons. The summed E-state index contributed by atoms with van der Waals surface area (Å²) in [5.41, 5.74) is 0. The number of carbonyl (C=O) groups excluding carboxylic acids is 2. The number of carbonyl (C=O) groups is 2. The van der Waals surface area contributed by atoms with Crippen molar-refractivity contribution in [3.8, 4) is 0 Å². The monoisotopic (exact) mass is 186 g/mol. The highest BCUT2D eigenvalue weighted by Gasteiger charge is 2.22. The van der Waals surface area contributed by atoms with Crippen molar-refractivity contribution in [3.63, 3.8) is 0 Å². The zero-order chi connectivity index (χ0) is 8.97. The summed E-state index contributed by atoms with van der Waals surface area (Å²) in [6.07, 6.45) is 3.86. The van der Waals surface area contributed by atoms with Crippen LogP contribution in [0.4, 0.5) is 0 Å². The number of hydrogen-bond donors (Lipinski definition) is 0. The molecule has 0 aromatic rings. The van der Waals surface area contributed by atoms with Gasteiger partial charge in [0.15, 0.2) is 0 Å². The van der Waals surface area contributed by atoms with Gasteiger partial charge in [-0.05, 0) is 19.8 Å². The van der Waals surface area contributed by atoms with Gasteiger partial charge < -0.3 is 0 Å². The van der Waals surface area contributed by atoms with Crippen molar-refractivity contribution in [2.75, 3.05) is 5.75 Å². The first-order chi connectivity index (χ1) is 5.70. The van der Waals surface area contributed by atoms with Crippen LogP contribution in [0.3, 0.4) is 0 Å². The third-order valence-electron chi connectivity index (χ3n) is 1.99. The van der Waals surface area contributed by atoms with Gasteiger partial charge in [-0.1, -0.05) is 6.42 Å². The summed E-state index contributed by atoms with van der Waals surface area (Å²) in [5, 5.41) is 0.114. The maximum atomic E-state index is 11.3. The molecule has 0 N–H and O–H groups in total. The van der Waals surface area contributed by atoms with Crippen molar-refractivity contribution < 1.29 is 9.59 Å². The number of Topliss-reactive ketones (excluding diaryl/α,β-unsaturated/α-hetero) is 2. The van der Waals surface area contributed by atoms with Crippen molar-refractivity contribution in [2.24, 2.45) is 0 Å². The van der Waals surface area contributed by atoms with Crippen LogP contribution in [0.2, 0.25) is 0 Å². The minimum atomic E-state index is 0.114. The van der Waals surface area contributed by atoms with Crippen molar-refractivity contribution in [2.45, 2.75) is 37.9 Å². The molecule has 1 unspecified atom stereocenters. The molecule has 1 fully saturated rings. The summed E-state index contributed by atoms with van der Waals surface area (Å²) in [7, 11) is 0. The smallest absolute Gasteiger partial charge is 0.145 e. The van der Waals surface area contributed by atoms with Gasteiger partial charge in [0.2, 0.25) is 0 Å². The fourth-order valence-corrected chi connectivity index (χ4v) is 2.42. The molecule has 0 radical (unpaired) electrons. The first kappa shape index (κ1) is 9.78. The lowest BCUT2D eigenvalue weighted by molar-refractivity contribution is -0.119. The van der Waals surface area contributed by atoms with E-state index in [0.717, 1.165) is 25.7 Å². The molecule has 0 aliphatic heterocycles. The minimum absolute atomic E-state index is 0.114. The predicted octanol–water partition coefficient (Wildman–Crippen LogP) is 1.82. The summed E-state index contributed by atoms with van der Waals surface area (Å²) in [5.74, 6) is 1.00. The molecule has 0 spiro atoms. The predicted molar refractivity (Wildman–Crippen MR) is 50.4 cm³/mol. The normalized spacial score (nSPS) is 24.1. The molecular weight excluding hydrogens is 172 g/mol. The average Bonchev–Trinajstić information content (AvgIpc) is 2.03. The molecule has 0 saturated heterocycles. The molecule has 12 heavy (non-hydrogen) atoms. The maximum absolute atomic E-state index is 11.3. The second-order valence-electron chi connectivity index (χ2n) is 3.21. The Balaban J connectivity index is 2.29. The Morgan fingerprint density at radius 2 is 2.33 bits per heavy atom. The van der Waals surface area contributed by atoms with Gasteiger partial charge in [0.25, 0.3) is 0 Å². The van der Waals surface area contributed by atoms with E-state index >= 15 is 0 Å². The van der Waals surface area contributed by atoms with Gasteiger partial charge in [0.05, 0.1) is 11.0 Å². The van der Waals surface area contributed by atoms with Crippen LogP contribution in [0.5, 0.6) is 0 Å². The summed E-state index contributed by atoms with van der Waals surface area (Å²) in [4.78, 5) is 21.9. The van der Waals surface area contributed by atoms with E-state index in [2.05, 4.69) is 0 Å². The molecule has 0 amide bonds. The van der Waals surface area contributed by atoms with Gasteiger partial charge in [-0.2, -0.15) is 0 Å². The van der Waals surface area contributed by atoms with Crippen molar-refractivity contribution in [1.82, 2.24) is 0 Å². The Labute approximate surface area is 77.1 Å². The standard InChI is InChI=1S/C9H14O2S/c1-7(10)6-12-9-5-3-2-4-8(9)11/h9H,2-6H2,1H3. The third kappa shape index (κ3) is 2.97. The molecule has 1 aliphatic carbocycles. The summed E-state index contributed by atoms with van der Waals surface area (Å²) < 4.78 is 0. The van der Waals surface area contributed by atoms with E-state index in [-0.39, 0.29) is 11.0 Å². The van der Waals surface area contributed by atoms with Crippen LogP contribution in [0.1, 0.15) is 32.6 Å². The van der Waals surface area contributed by atoms with Gasteiger partial charge in [0, 0.05) is 6.42 Å². The second-order valence-corrected chi connectivity index (χ2v) is 4.40. The van der Waals surface area contributed by atoms with E-state index in [9.17, 15) is 9.59 Å². The molecule has 1 saturated carbocycles. The van der Waals surface area contributed by atoms with E-state index in [1.165, 1.54) is 11.8 Å². The lowest BCUT2D eigenvalue weighted by Gasteiger charge is -2.18. The molecule has 0 aromatic carbocycles. The van der Waals surface area contributed by atoms with Crippen LogP contribution in [0, 0.1) is 0 Å². The van der Waals surface area contributed by atoms with Gasteiger partial charge in [-0.15, -0.1) is 11.8 Å². The highest BCUT2D eigenvalue weighted by Crippen LogP contribution is 2.25. The van der Waals surface area contributed by atoms with Crippen molar-refractivity contribution in [1.29, 1.82) is 0 Å². The summed E-state index contributed by atoms with van der Waals surface area (Å²) >= 11 is 1.51. The van der Waals surface area contributed by atoms with Crippen LogP contribution >= 0.6 is 11.8 Å². The lowest BCUT2D eigenvalue weighted by Crippen LogP contribution is -2.22. The highest BCUT2D eigenvalue weighted by molar-refractivity contribution is 8.01. The Morgan fingerprint density at radius 3 is 2.92 bits per heavy atom. The zero-order valence-corrected chi connectivity index (χ0v) is 8.15. The molecular formula is C9H14O2S. The van der Waals surface area contributed by atoms with Gasteiger partial charge >= 0.3 is 0 Å². The third-order valence-corrected chi connectivity index (χ3v) is 3.46. The highest BCUT2D eigenvalue weighted by atomic mass is 32.2. The van der Waals surface area contributed by atoms with Gasteiger partial charge in [0.1, 0.15) is 11.6 Å². The Hall–Kier alpha value is -0.310. The Kier molecular flexibility index (Phi) is 3.79. The molecule has 0 aromatic heterocycles. The van der Waals surface area contributed by atoms with Crippen LogP contribution < -0.4 is 0 Å². The van der Waals surface area contributed by atoms with Crippen LogP contribution in [-0.2, 0) is 9.59 Å². The quantitative estimate of drug-likeness (QED) is 0.674. The van der Waals surface area contributed by atoms with Gasteiger partial charge in [-0.25, -0.2) is 0 Å². The molecule has 0 heterocycles. The molecule has 1 atom stereocenters. The summed E-state index contributed by atoms with van der Waals surface area (Å²) in [6, 6.07) is 0. The fourth-order valence-electron chi connectivity index (χ4n) is 1.35. The molecule has 3 heteroatoms. The number of thioether (sulfide) groups is 1. The maximum Gasteiger partial charge on any atom is 0.145 e. The Bertz CT molecular complexity index is 189. The average molecular weight is 186 g/mol. The largest absolute Gasteiger partial charge is 0.299 e. The molecule has 1 aliphatic rings. The first-order valence-electron chi connectivity index (χ1n) is 4.34. The summed E-state index contributed by atoms with van der Waals surface area (Å²) in [6.45, 7) is 1.57. The SMILES string of the molecule is CC(=O)CSC1CCCCC1=O. The first-order valence-corrected chi connectivity index (χ1v) is 5.39. The number of hydrogen-bond acceptors (Lipinski definition) is 3. The number of ketones is 2. The topological polar surface area (TPSA) is 34.1 Å². The van der Waals surface area contributed by atoms with Gasteiger partial charge in [-0.3, -0.25) is 9.59 Å². The zero-order valence-electron chi connectivity index (χ0n) is 7.34. The van der Waals surface area contributed by atoms with E-state index in [1.54, 1.807) is 6.92 Å². The number of rotatable bonds is 3. The minimum Gasteiger partial charge on any atom is -0.299 e. The van der Waals surface area contributed by atoms with Crippen molar-refractivity contribution >= 4 is 23.3 Å². The van der Waals surface area contributed by atoms with E-state index < -0.39 is 0 Å². The molecule has 0 bridgehead atoms. The lowest BCUT2D eigenvalue weighted by atomic mass is 9.99. The molecule has 1 rings (SSSR count). The van der Waals surface area contributed by atoms with E-state index in [4.69, 9.17) is 0 Å². The van der Waals surface area contributed by atoms with Crippen molar-refractivity contribution in [3.05, 3.63) is 0 Å². The second kappa shape index (κ2) is 4.65. The fraction of sp³-hybridized carbons (Fsp3) is 0.778. The van der Waals surface area contributed by atoms with Crippen LogP contribution in [0.15, 0.2) is 0 Å². The molecule has 2 nitrogen and oxygen atoms in total. The van der Waals surface area contributed by atoms with Crippen LogP contribution in [-0.4, -0.2) is 22.6 Å². The van der Waals surface area contributed by atoms with E-state index in [0.29, 0.717) is 11.5 Å². The Morgan fingerprint density at radius 1 is 1.58 bits per heavy atom. The van der Waals surface area contributed by atoms with E-state index in [1.807, 2.05) is 0 Å². The van der Waals surface area contributed by atoms with Crippen LogP contribution in [0.25, 0.3) is 0 Å².